The molecular formula is C18H16FN3OS. The van der Waals surface area contributed by atoms with Crippen molar-refractivity contribution >= 4 is 17.2 Å². The summed E-state index contributed by atoms with van der Waals surface area (Å²) in [6.07, 6.45) is 1.69. The van der Waals surface area contributed by atoms with Gasteiger partial charge in [-0.3, -0.25) is 9.78 Å². The number of nitrogens with zero attached hydrogens (tertiary/aromatic N) is 3. The van der Waals surface area contributed by atoms with Gasteiger partial charge in [-0.25, -0.2) is 9.37 Å². The standard InChI is InChI=1S/C18H16FN3OS/c1-12-16(24-17(21-12)15-9-5-6-10-20-15)18(23)22(2)11-13-7-3-4-8-14(13)19/h3-10H,11H2,1-2H3. The lowest BCUT2D eigenvalue weighted by Crippen LogP contribution is -2.26. The van der Waals surface area contributed by atoms with Gasteiger partial charge in [0.15, 0.2) is 0 Å². The van der Waals surface area contributed by atoms with Crippen LogP contribution in [0.5, 0.6) is 0 Å². The molecule has 0 N–H and O–H groups in total. The maximum Gasteiger partial charge on any atom is 0.265 e. The molecule has 0 unspecified atom stereocenters. The fourth-order valence-electron chi connectivity index (χ4n) is 2.32. The minimum atomic E-state index is -0.313. The second-order valence-electron chi connectivity index (χ2n) is 5.40. The van der Waals surface area contributed by atoms with Gasteiger partial charge >= 0.3 is 0 Å². The van der Waals surface area contributed by atoms with Gasteiger partial charge in [0.1, 0.15) is 15.7 Å². The van der Waals surface area contributed by atoms with E-state index in [2.05, 4.69) is 9.97 Å². The van der Waals surface area contributed by atoms with Crippen LogP contribution in [0.1, 0.15) is 20.9 Å². The smallest absolute Gasteiger partial charge is 0.265 e. The number of carbonyl (C=O) groups excluding carboxylic acids is 1. The topological polar surface area (TPSA) is 46.1 Å². The van der Waals surface area contributed by atoms with E-state index in [0.29, 0.717) is 21.1 Å². The molecule has 0 radical (unpaired) electrons. The Morgan fingerprint density at radius 1 is 1.21 bits per heavy atom. The van der Waals surface area contributed by atoms with Crippen molar-refractivity contribution in [1.29, 1.82) is 0 Å². The molecule has 0 saturated heterocycles. The lowest BCUT2D eigenvalue weighted by atomic mass is 10.2. The largest absolute Gasteiger partial charge is 0.337 e. The maximum absolute atomic E-state index is 13.8. The maximum atomic E-state index is 13.8. The Morgan fingerprint density at radius 2 is 1.96 bits per heavy atom. The first-order chi connectivity index (χ1) is 11.6. The first kappa shape index (κ1) is 16.3. The summed E-state index contributed by atoms with van der Waals surface area (Å²) in [7, 11) is 1.66. The number of hydrogen-bond donors (Lipinski definition) is 0. The quantitative estimate of drug-likeness (QED) is 0.722. The molecule has 0 spiro atoms. The third-order valence-electron chi connectivity index (χ3n) is 3.59. The Hall–Kier alpha value is -2.60. The van der Waals surface area contributed by atoms with Crippen molar-refractivity contribution in [3.8, 4) is 10.7 Å². The van der Waals surface area contributed by atoms with Crippen LogP contribution in [-0.4, -0.2) is 27.8 Å². The molecule has 2 heterocycles. The molecule has 24 heavy (non-hydrogen) atoms. The van der Waals surface area contributed by atoms with Crippen LogP contribution in [0.2, 0.25) is 0 Å². The molecule has 0 saturated carbocycles. The number of aryl methyl sites for hydroxylation is 1. The molecule has 0 bridgehead atoms. The molecule has 0 fully saturated rings. The minimum Gasteiger partial charge on any atom is -0.337 e. The van der Waals surface area contributed by atoms with Gasteiger partial charge < -0.3 is 4.90 Å². The number of carbonyl (C=O) groups is 1. The normalized spacial score (nSPS) is 10.6. The summed E-state index contributed by atoms with van der Waals surface area (Å²) in [5.74, 6) is -0.484. The first-order valence-electron chi connectivity index (χ1n) is 7.44. The molecule has 6 heteroatoms. The van der Waals surface area contributed by atoms with Gasteiger partial charge in [0, 0.05) is 25.4 Å². The second kappa shape index (κ2) is 6.88. The van der Waals surface area contributed by atoms with E-state index in [-0.39, 0.29) is 18.3 Å². The van der Waals surface area contributed by atoms with E-state index in [1.54, 1.807) is 38.4 Å². The van der Waals surface area contributed by atoms with Crippen LogP contribution in [0, 0.1) is 12.7 Å². The number of benzene rings is 1. The molecular weight excluding hydrogens is 325 g/mol. The fourth-order valence-corrected chi connectivity index (χ4v) is 3.36. The number of thiazole rings is 1. The summed E-state index contributed by atoms with van der Waals surface area (Å²) in [5.41, 5.74) is 1.88. The Labute approximate surface area is 143 Å². The van der Waals surface area contributed by atoms with Crippen LogP contribution in [-0.2, 0) is 6.54 Å². The van der Waals surface area contributed by atoms with Crippen molar-refractivity contribution in [3.63, 3.8) is 0 Å². The number of hydrogen-bond acceptors (Lipinski definition) is 4. The number of pyridine rings is 1. The molecule has 2 aromatic heterocycles. The molecule has 0 aliphatic heterocycles. The lowest BCUT2D eigenvalue weighted by Gasteiger charge is -2.17. The van der Waals surface area contributed by atoms with Crippen molar-refractivity contribution in [3.05, 3.63) is 70.6 Å². The third-order valence-corrected chi connectivity index (χ3v) is 4.75. The van der Waals surface area contributed by atoms with Crippen molar-refractivity contribution in [1.82, 2.24) is 14.9 Å². The van der Waals surface area contributed by atoms with Crippen molar-refractivity contribution < 1.29 is 9.18 Å². The highest BCUT2D eigenvalue weighted by atomic mass is 32.1. The number of rotatable bonds is 4. The van der Waals surface area contributed by atoms with Crippen molar-refractivity contribution in [2.75, 3.05) is 7.05 Å². The number of amides is 1. The average molecular weight is 341 g/mol. The number of halogens is 1. The van der Waals surface area contributed by atoms with Crippen LogP contribution >= 0.6 is 11.3 Å². The van der Waals surface area contributed by atoms with Gasteiger partial charge in [-0.1, -0.05) is 24.3 Å². The van der Waals surface area contributed by atoms with Crippen LogP contribution in [0.3, 0.4) is 0 Å². The molecule has 1 aromatic carbocycles. The zero-order valence-corrected chi connectivity index (χ0v) is 14.2. The van der Waals surface area contributed by atoms with Crippen LogP contribution in [0.15, 0.2) is 48.7 Å². The van der Waals surface area contributed by atoms with E-state index < -0.39 is 0 Å². The minimum absolute atomic E-state index is 0.171. The van der Waals surface area contributed by atoms with Gasteiger partial charge in [0.05, 0.1) is 11.4 Å². The fraction of sp³-hybridized carbons (Fsp3) is 0.167. The SMILES string of the molecule is Cc1nc(-c2ccccn2)sc1C(=O)N(C)Cc1ccccc1F. The third kappa shape index (κ3) is 3.33. The predicted molar refractivity (Wildman–Crippen MR) is 92.3 cm³/mol. The van der Waals surface area contributed by atoms with E-state index >= 15 is 0 Å². The molecule has 122 valence electrons. The molecule has 3 rings (SSSR count). The van der Waals surface area contributed by atoms with Crippen LogP contribution in [0.25, 0.3) is 10.7 Å². The predicted octanol–water partition coefficient (Wildman–Crippen LogP) is 3.92. The van der Waals surface area contributed by atoms with E-state index in [0.717, 1.165) is 5.69 Å². The van der Waals surface area contributed by atoms with E-state index in [9.17, 15) is 9.18 Å². The van der Waals surface area contributed by atoms with Gasteiger partial charge in [0.2, 0.25) is 0 Å². The Bertz CT molecular complexity index is 864. The number of aromatic nitrogens is 2. The molecule has 0 aliphatic rings. The molecule has 1 amide bonds. The summed E-state index contributed by atoms with van der Waals surface area (Å²) < 4.78 is 13.8. The summed E-state index contributed by atoms with van der Waals surface area (Å²) in [4.78, 5) is 23.4. The Balaban J connectivity index is 1.82. The zero-order chi connectivity index (χ0) is 17.1. The summed E-state index contributed by atoms with van der Waals surface area (Å²) in [6.45, 7) is 2.01. The second-order valence-corrected chi connectivity index (χ2v) is 6.40. The highest BCUT2D eigenvalue weighted by Gasteiger charge is 2.20. The van der Waals surface area contributed by atoms with Crippen molar-refractivity contribution in [2.45, 2.75) is 13.5 Å². The molecule has 3 aromatic rings. The van der Waals surface area contributed by atoms with Gasteiger partial charge in [-0.15, -0.1) is 11.3 Å². The lowest BCUT2D eigenvalue weighted by molar-refractivity contribution is 0.0787. The molecule has 0 aliphatic carbocycles. The van der Waals surface area contributed by atoms with Gasteiger partial charge in [0.25, 0.3) is 5.91 Å². The van der Waals surface area contributed by atoms with E-state index in [1.165, 1.54) is 22.3 Å². The highest BCUT2D eigenvalue weighted by molar-refractivity contribution is 7.17. The van der Waals surface area contributed by atoms with Crippen molar-refractivity contribution in [2.24, 2.45) is 0 Å². The first-order valence-corrected chi connectivity index (χ1v) is 8.25. The van der Waals surface area contributed by atoms with Crippen LogP contribution in [0.4, 0.5) is 4.39 Å². The van der Waals surface area contributed by atoms with E-state index in [1.807, 2.05) is 18.2 Å². The molecule has 4 nitrogen and oxygen atoms in total. The Morgan fingerprint density at radius 3 is 2.67 bits per heavy atom. The highest BCUT2D eigenvalue weighted by Crippen LogP contribution is 2.27. The monoisotopic (exact) mass is 341 g/mol. The summed E-state index contributed by atoms with van der Waals surface area (Å²) >= 11 is 1.31. The van der Waals surface area contributed by atoms with Gasteiger partial charge in [-0.2, -0.15) is 0 Å². The Kier molecular flexibility index (Phi) is 4.66. The average Bonchev–Trinajstić information content (AvgIpc) is 2.99. The zero-order valence-electron chi connectivity index (χ0n) is 13.4. The van der Waals surface area contributed by atoms with E-state index in [4.69, 9.17) is 0 Å². The molecule has 0 atom stereocenters. The van der Waals surface area contributed by atoms with Gasteiger partial charge in [-0.05, 0) is 25.1 Å². The van der Waals surface area contributed by atoms with Crippen LogP contribution < -0.4 is 0 Å². The summed E-state index contributed by atoms with van der Waals surface area (Å²) in [6, 6.07) is 12.0. The summed E-state index contributed by atoms with van der Waals surface area (Å²) in [5, 5.41) is 0.704.